The number of fused-ring (bicyclic) bond motifs is 1. The Morgan fingerprint density at radius 3 is 1.49 bits per heavy atom. The molecular formula is C32H24NOP. The molecule has 0 aromatic heterocycles. The van der Waals surface area contributed by atoms with Gasteiger partial charge in [0, 0.05) is 0 Å². The van der Waals surface area contributed by atoms with Crippen LogP contribution in [0.4, 0.5) is 0 Å². The number of hydrogen-bond acceptors (Lipinski definition) is 2. The van der Waals surface area contributed by atoms with Gasteiger partial charge in [-0.15, -0.1) is 0 Å². The van der Waals surface area contributed by atoms with Crippen molar-refractivity contribution in [3.63, 3.8) is 0 Å². The van der Waals surface area contributed by atoms with E-state index in [9.17, 15) is 5.26 Å². The normalized spacial score (nSPS) is 18.5. The molecule has 6 rings (SSSR count). The zero-order chi connectivity index (χ0) is 23.7. The second-order valence-electron chi connectivity index (χ2n) is 8.82. The predicted octanol–water partition coefficient (Wildman–Crippen LogP) is 5.75. The van der Waals surface area contributed by atoms with Crippen LogP contribution >= 0.6 is 6.83 Å². The van der Waals surface area contributed by atoms with Crippen molar-refractivity contribution in [2.75, 3.05) is 0 Å². The fourth-order valence-corrected chi connectivity index (χ4v) is 11.7. The zero-order valence-electron chi connectivity index (χ0n) is 19.2. The molecule has 1 atom stereocenters. The third-order valence-corrected chi connectivity index (χ3v) is 12.9. The summed E-state index contributed by atoms with van der Waals surface area (Å²) in [6.45, 7) is -3.59. The SMILES string of the molecule is N#Cc1ccc([C@@H]2OP(c3ccccc3)(c3ccccc3)(c3ccccc3)c3ccccc32)cc1. The molecule has 35 heavy (non-hydrogen) atoms. The standard InChI is InChI=1S/C32H24NOP/c33-24-25-20-22-26(23-21-25)32-30-18-10-11-19-31(30)35(34-32,27-12-4-1-5-13-27,28-14-6-2-7-15-28)29-16-8-3-9-17-29/h1-23,32H/t32-/m0/s1. The van der Waals surface area contributed by atoms with Gasteiger partial charge >= 0.3 is 206 Å². The van der Waals surface area contributed by atoms with Gasteiger partial charge in [0.1, 0.15) is 0 Å². The number of nitriles is 1. The quantitative estimate of drug-likeness (QED) is 0.314. The molecule has 0 aliphatic carbocycles. The molecule has 0 saturated carbocycles. The summed E-state index contributed by atoms with van der Waals surface area (Å²) in [6.07, 6.45) is -0.266. The molecule has 0 unspecified atom stereocenters. The first-order chi connectivity index (χ1) is 17.3. The Morgan fingerprint density at radius 1 is 0.543 bits per heavy atom. The summed E-state index contributed by atoms with van der Waals surface area (Å²) in [5, 5.41) is 14.1. The molecule has 0 spiro atoms. The molecule has 168 valence electrons. The van der Waals surface area contributed by atoms with Gasteiger partial charge in [-0.3, -0.25) is 0 Å². The summed E-state index contributed by atoms with van der Waals surface area (Å²) in [5.74, 6) is 0. The van der Waals surface area contributed by atoms with E-state index in [0.717, 1.165) is 5.56 Å². The van der Waals surface area contributed by atoms with Crippen molar-refractivity contribution >= 4 is 28.0 Å². The van der Waals surface area contributed by atoms with E-state index in [1.807, 2.05) is 24.3 Å². The van der Waals surface area contributed by atoms with Crippen LogP contribution in [0.1, 0.15) is 22.8 Å². The van der Waals surface area contributed by atoms with E-state index in [1.54, 1.807) is 0 Å². The van der Waals surface area contributed by atoms with E-state index in [0.29, 0.717) is 5.56 Å². The molecule has 3 heteroatoms. The molecule has 0 bridgehead atoms. The zero-order valence-corrected chi connectivity index (χ0v) is 20.1. The molecule has 0 radical (unpaired) electrons. The molecule has 0 N–H and O–H groups in total. The van der Waals surface area contributed by atoms with Crippen LogP contribution in [0.15, 0.2) is 140 Å². The van der Waals surface area contributed by atoms with Crippen molar-refractivity contribution in [2.45, 2.75) is 6.10 Å². The van der Waals surface area contributed by atoms with Crippen molar-refractivity contribution in [3.05, 3.63) is 156 Å². The van der Waals surface area contributed by atoms with Crippen LogP contribution < -0.4 is 21.2 Å². The molecular weight excluding hydrogens is 445 g/mol. The molecule has 2 nitrogen and oxygen atoms in total. The van der Waals surface area contributed by atoms with Gasteiger partial charge in [0.25, 0.3) is 0 Å². The second kappa shape index (κ2) is 8.33. The Hall–Kier alpha value is -4.02. The Balaban J connectivity index is 1.78. The van der Waals surface area contributed by atoms with E-state index in [-0.39, 0.29) is 6.10 Å². The Labute approximate surface area is 206 Å². The summed E-state index contributed by atoms with van der Waals surface area (Å²) < 4.78 is 7.67. The average Bonchev–Trinajstić information content (AvgIpc) is 3.28. The van der Waals surface area contributed by atoms with Crippen molar-refractivity contribution in [1.82, 2.24) is 0 Å². The van der Waals surface area contributed by atoms with Gasteiger partial charge in [0.05, 0.1) is 0 Å². The fourth-order valence-electron chi connectivity index (χ4n) is 5.58. The first-order valence-electron chi connectivity index (χ1n) is 11.7. The van der Waals surface area contributed by atoms with Crippen LogP contribution in [0.3, 0.4) is 0 Å². The molecule has 5 aromatic carbocycles. The van der Waals surface area contributed by atoms with Gasteiger partial charge in [0.15, 0.2) is 0 Å². The topological polar surface area (TPSA) is 33.0 Å². The molecule has 5 aromatic rings. The van der Waals surface area contributed by atoms with Crippen molar-refractivity contribution in [2.24, 2.45) is 0 Å². The van der Waals surface area contributed by atoms with Crippen molar-refractivity contribution in [1.29, 1.82) is 5.26 Å². The van der Waals surface area contributed by atoms with Crippen LogP contribution in [-0.4, -0.2) is 0 Å². The Bertz CT molecular complexity index is 1420. The van der Waals surface area contributed by atoms with Gasteiger partial charge in [-0.05, 0) is 0 Å². The summed E-state index contributed by atoms with van der Waals surface area (Å²) in [7, 11) is 0. The summed E-state index contributed by atoms with van der Waals surface area (Å²) >= 11 is 0. The first-order valence-corrected chi connectivity index (χ1v) is 13.9. The summed E-state index contributed by atoms with van der Waals surface area (Å²) in [4.78, 5) is 0. The average molecular weight is 470 g/mol. The van der Waals surface area contributed by atoms with E-state index in [4.69, 9.17) is 4.52 Å². The third kappa shape index (κ3) is 2.96. The summed E-state index contributed by atoms with van der Waals surface area (Å²) in [5.41, 5.74) is 2.86. The van der Waals surface area contributed by atoms with Gasteiger partial charge < -0.3 is 0 Å². The molecule has 1 heterocycles. The Kier molecular flexibility index (Phi) is 5.12. The maximum absolute atomic E-state index is 9.35. The van der Waals surface area contributed by atoms with E-state index in [1.165, 1.54) is 26.8 Å². The maximum atomic E-state index is 9.35. The minimum atomic E-state index is -3.59. The number of benzene rings is 5. The number of rotatable bonds is 4. The van der Waals surface area contributed by atoms with Crippen LogP contribution in [0.5, 0.6) is 0 Å². The minimum absolute atomic E-state index is 0.266. The number of nitrogens with zero attached hydrogens (tertiary/aromatic N) is 1. The molecule has 0 saturated heterocycles. The molecule has 1 aliphatic rings. The van der Waals surface area contributed by atoms with Gasteiger partial charge in [-0.25, -0.2) is 0 Å². The van der Waals surface area contributed by atoms with Gasteiger partial charge in [0.2, 0.25) is 0 Å². The molecule has 0 fully saturated rings. The van der Waals surface area contributed by atoms with E-state index in [2.05, 4.69) is 121 Å². The fraction of sp³-hybridized carbons (Fsp3) is 0.0312. The number of hydrogen-bond donors (Lipinski definition) is 0. The van der Waals surface area contributed by atoms with Crippen molar-refractivity contribution < 1.29 is 4.52 Å². The summed E-state index contributed by atoms with van der Waals surface area (Å²) in [6, 6.07) is 50.8. The Morgan fingerprint density at radius 2 is 1.00 bits per heavy atom. The van der Waals surface area contributed by atoms with Gasteiger partial charge in [-0.1, -0.05) is 0 Å². The van der Waals surface area contributed by atoms with Crippen LogP contribution in [0.2, 0.25) is 0 Å². The van der Waals surface area contributed by atoms with Gasteiger partial charge in [-0.2, -0.15) is 0 Å². The molecule has 1 aliphatic heterocycles. The first kappa shape index (κ1) is 21.5. The third-order valence-electron chi connectivity index (χ3n) is 7.08. The van der Waals surface area contributed by atoms with Crippen LogP contribution in [-0.2, 0) is 4.52 Å². The second-order valence-corrected chi connectivity index (χ2v) is 13.1. The van der Waals surface area contributed by atoms with Crippen LogP contribution in [0, 0.1) is 11.3 Å². The molecule has 0 amide bonds. The predicted molar refractivity (Wildman–Crippen MR) is 145 cm³/mol. The van der Waals surface area contributed by atoms with Crippen LogP contribution in [0.25, 0.3) is 0 Å². The monoisotopic (exact) mass is 469 g/mol. The van der Waals surface area contributed by atoms with E-state index >= 15 is 0 Å². The van der Waals surface area contributed by atoms with E-state index < -0.39 is 6.83 Å². The van der Waals surface area contributed by atoms with Crippen molar-refractivity contribution in [3.8, 4) is 6.07 Å².